The second-order valence-corrected chi connectivity index (χ2v) is 2.74. The number of rotatable bonds is 0. The van der Waals surface area contributed by atoms with Gasteiger partial charge in [-0.1, -0.05) is 0 Å². The molecular weight excluding hydrogens is 338 g/mol. The van der Waals surface area contributed by atoms with Crippen LogP contribution in [-0.4, -0.2) is 24.4 Å². The summed E-state index contributed by atoms with van der Waals surface area (Å²) in [5.41, 5.74) is 0. The van der Waals surface area contributed by atoms with Crippen LogP contribution in [-0.2, 0) is 45.2 Å². The summed E-state index contributed by atoms with van der Waals surface area (Å²) >= 11 is -6.02. The summed E-state index contributed by atoms with van der Waals surface area (Å²) < 4.78 is 34.5. The van der Waals surface area contributed by atoms with E-state index in [-0.39, 0.29) is 44.4 Å². The van der Waals surface area contributed by atoms with Gasteiger partial charge >= 0.3 is 71.1 Å². The van der Waals surface area contributed by atoms with Crippen molar-refractivity contribution in [1.29, 1.82) is 0 Å². The van der Waals surface area contributed by atoms with Crippen molar-refractivity contribution in [3.63, 3.8) is 0 Å². The molecule has 0 heterocycles. The molecule has 1 N–H and O–H groups in total. The molecule has 0 aliphatic carbocycles. The quantitative estimate of drug-likeness (QED) is 0.432. The van der Waals surface area contributed by atoms with Crippen LogP contribution >= 0.6 is 0 Å². The Bertz CT molecular complexity index is 93.6. The van der Waals surface area contributed by atoms with Gasteiger partial charge < -0.3 is 5.48 Å². The Labute approximate surface area is 75.9 Å². The summed E-state index contributed by atoms with van der Waals surface area (Å²) in [6, 6.07) is 0. The Hall–Kier alpha value is 1.52. The van der Waals surface area contributed by atoms with Crippen molar-refractivity contribution in [2.75, 3.05) is 0 Å². The molecule has 0 saturated heterocycles. The van der Waals surface area contributed by atoms with Gasteiger partial charge in [-0.3, -0.25) is 0 Å². The summed E-state index contributed by atoms with van der Waals surface area (Å²) in [5, 5.41) is 0. The fraction of sp³-hybridized carbons (Fsp3) is 0. The minimum Gasteiger partial charge on any atom is -0.870 e. The third-order valence-corrected chi connectivity index (χ3v) is 0. The van der Waals surface area contributed by atoms with Gasteiger partial charge in [-0.2, -0.15) is 0 Å². The third kappa shape index (κ3) is 139. The molecule has 0 rings (SSSR count). The molecule has 0 aliphatic rings. The van der Waals surface area contributed by atoms with E-state index in [2.05, 4.69) is 0 Å². The number of hydrogen-bond acceptors (Lipinski definition) is 5. The average Bonchev–Trinajstić information content (AvgIpc) is 0.722. The first kappa shape index (κ1) is 22.7. The molecule has 0 aromatic rings. The van der Waals surface area contributed by atoms with E-state index in [4.69, 9.17) is 13.2 Å². The van der Waals surface area contributed by atoms with Crippen molar-refractivity contribution in [1.82, 2.24) is 0 Å². The first-order valence-electron chi connectivity index (χ1n) is 0.667. The predicted molar refractivity (Wildman–Crippen MR) is 9.06 cm³/mol. The second kappa shape index (κ2) is 8.52. The van der Waals surface area contributed by atoms with Gasteiger partial charge in [0, 0.05) is 0 Å². The molecule has 0 atom stereocenters. The molecule has 0 amide bonds. The molecule has 5 nitrogen and oxygen atoms in total. The summed E-state index contributed by atoms with van der Waals surface area (Å²) in [7, 11) is 0. The van der Waals surface area contributed by atoms with Gasteiger partial charge in [0.15, 0.2) is 0 Å². The first-order valence-corrected chi connectivity index (χ1v) is 4.47. The van der Waals surface area contributed by atoms with Crippen LogP contribution in [0.25, 0.3) is 0 Å². The Morgan fingerprint density at radius 3 is 1.00 bits per heavy atom. The fourth-order valence-electron chi connectivity index (χ4n) is 0. The van der Waals surface area contributed by atoms with Crippen LogP contribution in [0.4, 0.5) is 0 Å². The Kier molecular flexibility index (Phi) is 24.1. The van der Waals surface area contributed by atoms with E-state index < -0.39 is 19.0 Å². The molecule has 8 heteroatoms. The molecule has 0 aromatic heterocycles. The molecular formula is HO5TeZn2+. The monoisotopic (exact) mass is 339 g/mol. The van der Waals surface area contributed by atoms with E-state index in [9.17, 15) is 0 Å². The third-order valence-electron chi connectivity index (χ3n) is 0. The maximum absolute atomic E-state index is 8.63. The summed E-state index contributed by atoms with van der Waals surface area (Å²) in [6.45, 7) is 0. The molecule has 0 radical (unpaired) electrons. The SMILES string of the molecule is O=[Te](=O)([O-])[O-].[OH-].[Zn+2].[Zn+2]. The predicted octanol–water partition coefficient (Wildman–Crippen LogP) is -3.18. The Morgan fingerprint density at radius 2 is 1.00 bits per heavy atom. The molecule has 0 unspecified atom stereocenters. The standard InChI is InChI=1S/H2O4Te.H2O.2Zn/c1-5(2,3)4;;;/h(H2,1,2,3,4);1H2;;/q;;2*+2/p-3. The molecule has 8 heavy (non-hydrogen) atoms. The Morgan fingerprint density at radius 1 is 1.00 bits per heavy atom. The van der Waals surface area contributed by atoms with Crippen molar-refractivity contribution in [3.05, 3.63) is 0 Å². The van der Waals surface area contributed by atoms with Crippen LogP contribution < -0.4 is 6.94 Å². The Balaban J connectivity index is -0.0000000267. The molecule has 0 aromatic carbocycles. The van der Waals surface area contributed by atoms with Gasteiger partial charge in [0.2, 0.25) is 0 Å². The van der Waals surface area contributed by atoms with Crippen molar-refractivity contribution < 1.29 is 57.6 Å². The van der Waals surface area contributed by atoms with Gasteiger partial charge in [0.1, 0.15) is 0 Å². The summed E-state index contributed by atoms with van der Waals surface area (Å²) in [6.07, 6.45) is 0. The van der Waals surface area contributed by atoms with Crippen molar-refractivity contribution in [2.24, 2.45) is 0 Å². The average molecular weight is 339 g/mol. The zero-order valence-corrected chi connectivity index (χ0v) is 12.2. The molecule has 40 valence electrons. The summed E-state index contributed by atoms with van der Waals surface area (Å²) in [4.78, 5) is 0. The molecule has 0 saturated carbocycles. The normalized spacial score (nSPS) is 7.25. The van der Waals surface area contributed by atoms with E-state index in [1.165, 1.54) is 0 Å². The van der Waals surface area contributed by atoms with Crippen molar-refractivity contribution in [2.45, 2.75) is 0 Å². The molecule has 0 fully saturated rings. The fourth-order valence-corrected chi connectivity index (χ4v) is 0. The van der Waals surface area contributed by atoms with Crippen LogP contribution in [0.2, 0.25) is 0 Å². The van der Waals surface area contributed by atoms with E-state index in [0.717, 1.165) is 0 Å². The second-order valence-electron chi connectivity index (χ2n) is 0.408. The molecule has 0 aliphatic heterocycles. The number of hydrogen-bond donors (Lipinski definition) is 0. The zero-order chi connectivity index (χ0) is 4.50. The van der Waals surface area contributed by atoms with Gasteiger partial charge in [0.05, 0.1) is 0 Å². The van der Waals surface area contributed by atoms with E-state index in [1.807, 2.05) is 0 Å². The van der Waals surface area contributed by atoms with Crippen molar-refractivity contribution in [3.8, 4) is 0 Å². The topological polar surface area (TPSA) is 110 Å². The summed E-state index contributed by atoms with van der Waals surface area (Å²) in [5.74, 6) is 0. The van der Waals surface area contributed by atoms with E-state index >= 15 is 0 Å². The molecule has 0 bridgehead atoms. The van der Waals surface area contributed by atoms with Gasteiger partial charge in [0.25, 0.3) is 0 Å². The molecule has 0 spiro atoms. The van der Waals surface area contributed by atoms with Gasteiger partial charge in [-0.05, 0) is 0 Å². The maximum Gasteiger partial charge on any atom is 2.00 e. The minimum absolute atomic E-state index is 0. The van der Waals surface area contributed by atoms with Crippen LogP contribution in [0.1, 0.15) is 0 Å². The minimum atomic E-state index is -6.02. The smallest absolute Gasteiger partial charge is 0.870 e. The van der Waals surface area contributed by atoms with Crippen LogP contribution in [0, 0.1) is 0 Å². The van der Waals surface area contributed by atoms with E-state index in [0.29, 0.717) is 0 Å². The van der Waals surface area contributed by atoms with Gasteiger partial charge in [-0.25, -0.2) is 0 Å². The van der Waals surface area contributed by atoms with Gasteiger partial charge in [-0.15, -0.1) is 0 Å². The maximum atomic E-state index is 8.63. The van der Waals surface area contributed by atoms with Crippen LogP contribution in [0.5, 0.6) is 0 Å². The first-order chi connectivity index (χ1) is 2.00. The van der Waals surface area contributed by atoms with Crippen molar-refractivity contribution >= 4 is 19.0 Å². The van der Waals surface area contributed by atoms with E-state index in [1.54, 1.807) is 0 Å². The van der Waals surface area contributed by atoms with Crippen LogP contribution in [0.15, 0.2) is 0 Å². The zero-order valence-electron chi connectivity index (χ0n) is 3.90. The van der Waals surface area contributed by atoms with Crippen LogP contribution in [0.3, 0.4) is 0 Å². The largest absolute Gasteiger partial charge is 2.00 e.